The highest BCUT2D eigenvalue weighted by atomic mass is 35.5. The Labute approximate surface area is 165 Å². The van der Waals surface area contributed by atoms with Crippen molar-refractivity contribution in [3.63, 3.8) is 0 Å². The highest BCUT2D eigenvalue weighted by Crippen LogP contribution is 2.22. The Balaban J connectivity index is 1.80. The van der Waals surface area contributed by atoms with Crippen LogP contribution in [-0.4, -0.2) is 10.0 Å². The van der Waals surface area contributed by atoms with Crippen molar-refractivity contribution in [2.75, 3.05) is 5.32 Å². The number of nitrogens with one attached hydrogen (secondary N) is 1. The summed E-state index contributed by atoms with van der Waals surface area (Å²) in [4.78, 5) is 2.15. The van der Waals surface area contributed by atoms with Gasteiger partial charge in [-0.2, -0.15) is 0 Å². The third kappa shape index (κ3) is 5.07. The van der Waals surface area contributed by atoms with Gasteiger partial charge in [0, 0.05) is 13.1 Å². The second-order valence-electron chi connectivity index (χ2n) is 6.24. The zero-order valence-electron chi connectivity index (χ0n) is 14.7. The number of para-hydroxylation sites is 1. The molecule has 0 aromatic heterocycles. The van der Waals surface area contributed by atoms with Crippen molar-refractivity contribution < 1.29 is 0 Å². The predicted octanol–water partition coefficient (Wildman–Crippen LogP) is 6.05. The molecule has 0 amide bonds. The van der Waals surface area contributed by atoms with Gasteiger partial charge in [-0.15, -0.1) is 0 Å². The van der Waals surface area contributed by atoms with E-state index in [-0.39, 0.29) is 0 Å². The van der Waals surface area contributed by atoms with E-state index in [9.17, 15) is 0 Å². The zero-order valence-corrected chi connectivity index (χ0v) is 16.2. The fourth-order valence-corrected chi connectivity index (χ4v) is 3.10. The molecule has 4 heteroatoms. The van der Waals surface area contributed by atoms with Gasteiger partial charge >= 0.3 is 0 Å². The Morgan fingerprint density at radius 3 is 2.08 bits per heavy atom. The van der Waals surface area contributed by atoms with Crippen LogP contribution >= 0.6 is 23.8 Å². The highest BCUT2D eigenvalue weighted by molar-refractivity contribution is 7.80. The van der Waals surface area contributed by atoms with Crippen molar-refractivity contribution in [3.8, 4) is 0 Å². The maximum Gasteiger partial charge on any atom is 0.174 e. The van der Waals surface area contributed by atoms with E-state index in [1.54, 1.807) is 0 Å². The Bertz CT molecular complexity index is 863. The quantitative estimate of drug-likeness (QED) is 0.542. The van der Waals surface area contributed by atoms with Gasteiger partial charge in [0.1, 0.15) is 0 Å². The minimum Gasteiger partial charge on any atom is -0.340 e. The number of rotatable bonds is 5. The summed E-state index contributed by atoms with van der Waals surface area (Å²) < 4.78 is 0. The van der Waals surface area contributed by atoms with Gasteiger partial charge < -0.3 is 10.2 Å². The lowest BCUT2D eigenvalue weighted by Crippen LogP contribution is -2.33. The number of hydrogen-bond donors (Lipinski definition) is 1. The molecule has 2 nitrogen and oxygen atoms in total. The van der Waals surface area contributed by atoms with E-state index in [0.717, 1.165) is 18.8 Å². The third-order valence-electron chi connectivity index (χ3n) is 4.11. The molecule has 132 valence electrons. The average Bonchev–Trinajstić information content (AvgIpc) is 2.65. The van der Waals surface area contributed by atoms with Crippen molar-refractivity contribution in [2.24, 2.45) is 0 Å². The smallest absolute Gasteiger partial charge is 0.174 e. The van der Waals surface area contributed by atoms with Gasteiger partial charge in [0.15, 0.2) is 5.11 Å². The van der Waals surface area contributed by atoms with Crippen LogP contribution in [0.4, 0.5) is 5.69 Å². The molecule has 26 heavy (non-hydrogen) atoms. The first kappa shape index (κ1) is 18.4. The van der Waals surface area contributed by atoms with Crippen LogP contribution in [0.5, 0.6) is 0 Å². The summed E-state index contributed by atoms with van der Waals surface area (Å²) in [6.45, 7) is 3.55. The van der Waals surface area contributed by atoms with Crippen molar-refractivity contribution in [2.45, 2.75) is 20.0 Å². The van der Waals surface area contributed by atoms with Crippen molar-refractivity contribution in [3.05, 3.63) is 101 Å². The van der Waals surface area contributed by atoms with Crippen LogP contribution in [0.3, 0.4) is 0 Å². The Kier molecular flexibility index (Phi) is 6.26. The number of anilines is 1. The molecule has 0 unspecified atom stereocenters. The Morgan fingerprint density at radius 1 is 0.846 bits per heavy atom. The summed E-state index contributed by atoms with van der Waals surface area (Å²) in [6, 6.07) is 26.5. The van der Waals surface area contributed by atoms with Crippen LogP contribution in [0.15, 0.2) is 78.9 Å². The molecule has 1 N–H and O–H groups in total. The molecule has 0 radical (unpaired) electrons. The maximum absolute atomic E-state index is 6.27. The van der Waals surface area contributed by atoms with Crippen LogP contribution in [0.25, 0.3) is 0 Å². The maximum atomic E-state index is 6.27. The van der Waals surface area contributed by atoms with Crippen molar-refractivity contribution >= 4 is 34.6 Å². The standard InChI is InChI=1S/C22H21ClN2S/c1-17-11-13-19(14-12-17)16-25(15-18-7-3-2-4-8-18)22(26)24-21-10-6-5-9-20(21)23/h2-14H,15-16H2,1H3,(H,24,26). The number of aryl methyl sites for hydroxylation is 1. The third-order valence-corrected chi connectivity index (χ3v) is 4.80. The molecule has 0 spiro atoms. The summed E-state index contributed by atoms with van der Waals surface area (Å²) in [5, 5.41) is 4.60. The number of benzene rings is 3. The minimum absolute atomic E-state index is 0.655. The predicted molar refractivity (Wildman–Crippen MR) is 115 cm³/mol. The molecule has 0 saturated heterocycles. The van der Waals surface area contributed by atoms with Gasteiger partial charge in [-0.1, -0.05) is 83.9 Å². The van der Waals surface area contributed by atoms with Crippen LogP contribution in [0, 0.1) is 6.92 Å². The molecule has 0 fully saturated rings. The van der Waals surface area contributed by atoms with Gasteiger partial charge in [0.25, 0.3) is 0 Å². The van der Waals surface area contributed by atoms with E-state index >= 15 is 0 Å². The monoisotopic (exact) mass is 380 g/mol. The SMILES string of the molecule is Cc1ccc(CN(Cc2ccccc2)C(=S)Nc2ccccc2Cl)cc1. The second kappa shape index (κ2) is 8.84. The first-order chi connectivity index (χ1) is 12.6. The fourth-order valence-electron chi connectivity index (χ4n) is 2.67. The van der Waals surface area contributed by atoms with Gasteiger partial charge in [-0.25, -0.2) is 0 Å². The van der Waals surface area contributed by atoms with E-state index in [1.165, 1.54) is 16.7 Å². The number of hydrogen-bond acceptors (Lipinski definition) is 1. The summed E-state index contributed by atoms with van der Waals surface area (Å²) in [5.74, 6) is 0. The lowest BCUT2D eigenvalue weighted by Gasteiger charge is -2.26. The molecule has 0 saturated carbocycles. The Morgan fingerprint density at radius 2 is 1.42 bits per heavy atom. The van der Waals surface area contributed by atoms with E-state index in [1.807, 2.05) is 42.5 Å². The summed E-state index contributed by atoms with van der Waals surface area (Å²) in [6.07, 6.45) is 0. The molecule has 3 rings (SSSR count). The van der Waals surface area contributed by atoms with Gasteiger partial charge in [0.2, 0.25) is 0 Å². The topological polar surface area (TPSA) is 15.3 Å². The van der Waals surface area contributed by atoms with Crippen molar-refractivity contribution in [1.29, 1.82) is 0 Å². The van der Waals surface area contributed by atoms with Gasteiger partial charge in [-0.05, 0) is 42.4 Å². The molecule has 0 aliphatic heterocycles. The summed E-state index contributed by atoms with van der Waals surface area (Å²) in [7, 11) is 0. The lowest BCUT2D eigenvalue weighted by molar-refractivity contribution is 0.413. The van der Waals surface area contributed by atoms with Crippen LogP contribution < -0.4 is 5.32 Å². The minimum atomic E-state index is 0.655. The van der Waals surface area contributed by atoms with E-state index in [2.05, 4.69) is 53.5 Å². The van der Waals surface area contributed by atoms with E-state index < -0.39 is 0 Å². The molecule has 3 aromatic rings. The fraction of sp³-hybridized carbons (Fsp3) is 0.136. The number of thiocarbonyl (C=S) groups is 1. The molecular formula is C22H21ClN2S. The first-order valence-electron chi connectivity index (χ1n) is 8.52. The van der Waals surface area contributed by atoms with Gasteiger partial charge in [-0.3, -0.25) is 0 Å². The number of halogens is 1. The zero-order chi connectivity index (χ0) is 18.4. The number of nitrogens with zero attached hydrogens (tertiary/aromatic N) is 1. The Hall–Kier alpha value is -2.36. The van der Waals surface area contributed by atoms with Crippen LogP contribution in [0.1, 0.15) is 16.7 Å². The summed E-state index contributed by atoms with van der Waals surface area (Å²) >= 11 is 12.0. The molecule has 0 aliphatic carbocycles. The average molecular weight is 381 g/mol. The highest BCUT2D eigenvalue weighted by Gasteiger charge is 2.13. The van der Waals surface area contributed by atoms with E-state index in [0.29, 0.717) is 10.1 Å². The second-order valence-corrected chi connectivity index (χ2v) is 7.03. The van der Waals surface area contributed by atoms with Crippen LogP contribution in [0.2, 0.25) is 5.02 Å². The van der Waals surface area contributed by atoms with Gasteiger partial charge in [0.05, 0.1) is 10.7 Å². The molecule has 0 bridgehead atoms. The molecule has 0 aliphatic rings. The van der Waals surface area contributed by atoms with Crippen molar-refractivity contribution in [1.82, 2.24) is 4.90 Å². The molecule has 0 heterocycles. The summed E-state index contributed by atoms with van der Waals surface area (Å²) in [5.41, 5.74) is 4.50. The molecule has 3 aromatic carbocycles. The normalized spacial score (nSPS) is 10.4. The lowest BCUT2D eigenvalue weighted by atomic mass is 10.1. The molecule has 0 atom stereocenters. The van der Waals surface area contributed by atoms with E-state index in [4.69, 9.17) is 23.8 Å². The largest absolute Gasteiger partial charge is 0.340 e. The first-order valence-corrected chi connectivity index (χ1v) is 9.30. The van der Waals surface area contributed by atoms with Crippen LogP contribution in [-0.2, 0) is 13.1 Å². The molecular weight excluding hydrogens is 360 g/mol.